The van der Waals surface area contributed by atoms with E-state index in [1.165, 1.54) is 5.56 Å². The molecule has 0 bridgehead atoms. The van der Waals surface area contributed by atoms with Crippen molar-refractivity contribution in [2.24, 2.45) is 9.98 Å². The molecule has 2 N–H and O–H groups in total. The Morgan fingerprint density at radius 3 is 2.46 bits per heavy atom. The normalized spacial score (nSPS) is 14.9. The van der Waals surface area contributed by atoms with Crippen molar-refractivity contribution >= 4 is 18.4 Å². The van der Waals surface area contributed by atoms with Crippen molar-refractivity contribution in [1.82, 2.24) is 24.8 Å². The van der Waals surface area contributed by atoms with Crippen LogP contribution in [0.1, 0.15) is 41.5 Å². The van der Waals surface area contributed by atoms with Crippen LogP contribution in [0, 0.1) is 13.8 Å². The van der Waals surface area contributed by atoms with Crippen LogP contribution in [0.3, 0.4) is 0 Å². The number of amidine groups is 1. The summed E-state index contributed by atoms with van der Waals surface area (Å²) in [6.45, 7) is 9.65. The molecular weight excluding hydrogens is 434 g/mol. The van der Waals surface area contributed by atoms with Crippen LogP contribution in [-0.4, -0.2) is 57.5 Å². The zero-order chi connectivity index (χ0) is 24.4. The second kappa shape index (κ2) is 9.70. The molecule has 3 aromatic heterocycles. The van der Waals surface area contributed by atoms with Crippen molar-refractivity contribution in [1.29, 1.82) is 0 Å². The minimum absolute atomic E-state index is 0.401. The summed E-state index contributed by atoms with van der Waals surface area (Å²) in [5.41, 5.74) is 7.29. The van der Waals surface area contributed by atoms with E-state index >= 15 is 0 Å². The molecule has 0 saturated carbocycles. The van der Waals surface area contributed by atoms with Crippen molar-refractivity contribution in [2.45, 2.75) is 32.6 Å². The molecule has 0 amide bonds. The van der Waals surface area contributed by atoms with E-state index in [2.05, 4.69) is 79.9 Å². The number of hydrogen-bond acceptors (Lipinski definition) is 4. The highest BCUT2D eigenvalue weighted by molar-refractivity contribution is 6.04. The van der Waals surface area contributed by atoms with Gasteiger partial charge >= 0.3 is 0 Å². The highest BCUT2D eigenvalue weighted by Crippen LogP contribution is 2.33. The molecule has 35 heavy (non-hydrogen) atoms. The fourth-order valence-corrected chi connectivity index (χ4v) is 4.88. The second-order valence-corrected chi connectivity index (χ2v) is 9.05. The zero-order valence-electron chi connectivity index (χ0n) is 20.5. The molecule has 4 aromatic rings. The summed E-state index contributed by atoms with van der Waals surface area (Å²) in [7, 11) is 1.84. The fourth-order valence-electron chi connectivity index (χ4n) is 4.88. The second-order valence-electron chi connectivity index (χ2n) is 9.05. The van der Waals surface area contributed by atoms with E-state index in [0.29, 0.717) is 5.92 Å². The molecule has 0 atom stereocenters. The summed E-state index contributed by atoms with van der Waals surface area (Å²) in [6, 6.07) is 16.6. The number of aromatic nitrogens is 4. The van der Waals surface area contributed by atoms with E-state index in [9.17, 15) is 0 Å². The molecule has 1 aliphatic rings. The van der Waals surface area contributed by atoms with Crippen molar-refractivity contribution in [3.63, 3.8) is 0 Å². The van der Waals surface area contributed by atoms with Gasteiger partial charge in [-0.15, -0.1) is 0 Å². The molecule has 5 rings (SSSR count). The predicted molar refractivity (Wildman–Crippen MR) is 143 cm³/mol. The zero-order valence-corrected chi connectivity index (χ0v) is 20.5. The molecule has 1 fully saturated rings. The third kappa shape index (κ3) is 4.54. The van der Waals surface area contributed by atoms with Gasteiger partial charge in [0.25, 0.3) is 0 Å². The number of rotatable bonds is 5. The average molecular weight is 466 g/mol. The van der Waals surface area contributed by atoms with Crippen molar-refractivity contribution < 1.29 is 0 Å². The standard InChI is InChI=1S/C28H31N7/c1-18-10-11-22(17-31-18)24-16-23(27(29-3)33-24)28(30-4)35-14-12-21(13-15-35)26-32-19(2)25(34-26)20-8-6-5-7-9-20/h5-11,16-17,21,33H,3,12-15H2,1-2,4H3,(H,32,34)/b30-28+. The third-order valence-electron chi connectivity index (χ3n) is 6.78. The Bertz CT molecular complexity index is 1340. The average Bonchev–Trinajstić information content (AvgIpc) is 3.50. The first-order chi connectivity index (χ1) is 17.1. The van der Waals surface area contributed by atoms with E-state index in [1.807, 2.05) is 32.3 Å². The van der Waals surface area contributed by atoms with Gasteiger partial charge in [-0.1, -0.05) is 30.3 Å². The van der Waals surface area contributed by atoms with Gasteiger partial charge in [-0.25, -0.2) is 9.98 Å². The number of likely N-dealkylation sites (tertiary alicyclic amines) is 1. The molecule has 1 aromatic carbocycles. The van der Waals surface area contributed by atoms with E-state index in [-0.39, 0.29) is 0 Å². The van der Waals surface area contributed by atoms with Crippen LogP contribution in [0.4, 0.5) is 5.82 Å². The molecule has 4 heterocycles. The van der Waals surface area contributed by atoms with Crippen LogP contribution in [0.25, 0.3) is 22.5 Å². The first-order valence-corrected chi connectivity index (χ1v) is 12.0. The lowest BCUT2D eigenvalue weighted by Gasteiger charge is -2.33. The summed E-state index contributed by atoms with van der Waals surface area (Å²) >= 11 is 0. The van der Waals surface area contributed by atoms with Gasteiger partial charge in [0.15, 0.2) is 0 Å². The molecule has 0 unspecified atom stereocenters. The number of aliphatic imine (C=N–C) groups is 2. The first-order valence-electron chi connectivity index (χ1n) is 12.0. The van der Waals surface area contributed by atoms with Crippen LogP contribution >= 0.6 is 0 Å². The largest absolute Gasteiger partial charge is 0.356 e. The van der Waals surface area contributed by atoms with Gasteiger partial charge in [0, 0.05) is 49.2 Å². The van der Waals surface area contributed by atoms with Crippen molar-refractivity contribution in [2.75, 3.05) is 20.1 Å². The molecule has 1 saturated heterocycles. The van der Waals surface area contributed by atoms with Gasteiger partial charge in [-0.3, -0.25) is 9.98 Å². The number of hydrogen-bond donors (Lipinski definition) is 2. The number of nitrogens with zero attached hydrogens (tertiary/aromatic N) is 5. The van der Waals surface area contributed by atoms with Gasteiger partial charge in [-0.05, 0) is 57.2 Å². The molecular formula is C28H31N7. The number of H-pyrrole nitrogens is 2. The minimum Gasteiger partial charge on any atom is -0.356 e. The quantitative estimate of drug-likeness (QED) is 0.294. The topological polar surface area (TPSA) is 85.3 Å². The highest BCUT2D eigenvalue weighted by Gasteiger charge is 2.27. The fraction of sp³-hybridized carbons (Fsp3) is 0.286. The molecule has 0 radical (unpaired) electrons. The number of piperidine rings is 1. The monoisotopic (exact) mass is 465 g/mol. The van der Waals surface area contributed by atoms with Crippen LogP contribution in [-0.2, 0) is 0 Å². The summed E-state index contributed by atoms with van der Waals surface area (Å²) < 4.78 is 0. The lowest BCUT2D eigenvalue weighted by Crippen LogP contribution is -2.38. The van der Waals surface area contributed by atoms with E-state index < -0.39 is 0 Å². The number of nitrogens with one attached hydrogen (secondary N) is 2. The molecule has 178 valence electrons. The Morgan fingerprint density at radius 2 is 1.80 bits per heavy atom. The van der Waals surface area contributed by atoms with Crippen LogP contribution in [0.2, 0.25) is 0 Å². The summed E-state index contributed by atoms with van der Waals surface area (Å²) in [4.78, 5) is 27.6. The van der Waals surface area contributed by atoms with E-state index in [4.69, 9.17) is 4.98 Å². The summed E-state index contributed by atoms with van der Waals surface area (Å²) in [5.74, 6) is 3.16. The molecule has 0 aliphatic carbocycles. The smallest absolute Gasteiger partial charge is 0.140 e. The third-order valence-corrected chi connectivity index (χ3v) is 6.78. The minimum atomic E-state index is 0.401. The van der Waals surface area contributed by atoms with Gasteiger partial charge in [-0.2, -0.15) is 0 Å². The number of aryl methyl sites for hydroxylation is 2. The Labute approximate surface area is 206 Å². The maximum atomic E-state index is 4.89. The molecule has 1 aliphatic heterocycles. The van der Waals surface area contributed by atoms with Gasteiger partial charge in [0.2, 0.25) is 0 Å². The number of aromatic amines is 2. The maximum absolute atomic E-state index is 4.89. The van der Waals surface area contributed by atoms with Crippen LogP contribution in [0.5, 0.6) is 0 Å². The summed E-state index contributed by atoms with van der Waals surface area (Å²) in [6.07, 6.45) is 3.90. The Morgan fingerprint density at radius 1 is 1.03 bits per heavy atom. The maximum Gasteiger partial charge on any atom is 0.140 e. The van der Waals surface area contributed by atoms with Crippen LogP contribution < -0.4 is 0 Å². The molecule has 7 heteroatoms. The Kier molecular flexibility index (Phi) is 6.31. The van der Waals surface area contributed by atoms with E-state index in [1.54, 1.807) is 0 Å². The number of imidazole rings is 1. The van der Waals surface area contributed by atoms with Gasteiger partial charge in [0.1, 0.15) is 17.5 Å². The van der Waals surface area contributed by atoms with Gasteiger partial charge < -0.3 is 14.9 Å². The molecule has 7 nitrogen and oxygen atoms in total. The highest BCUT2D eigenvalue weighted by atomic mass is 15.2. The Hall–Kier alpha value is -4.00. The lowest BCUT2D eigenvalue weighted by molar-refractivity contribution is 0.308. The van der Waals surface area contributed by atoms with Crippen molar-refractivity contribution in [3.05, 3.63) is 77.5 Å². The predicted octanol–water partition coefficient (Wildman–Crippen LogP) is 5.67. The lowest BCUT2D eigenvalue weighted by atomic mass is 9.95. The van der Waals surface area contributed by atoms with Crippen molar-refractivity contribution in [3.8, 4) is 22.5 Å². The first kappa shape index (κ1) is 22.8. The number of pyridine rings is 1. The Balaban J connectivity index is 1.33. The SMILES string of the molecule is C=Nc1[nH]c(-c2ccc(C)nc2)cc1/C(=N\C)N1CCC(c2nc(C)c(-c3ccccc3)[nH]2)CC1. The molecule has 0 spiro atoms. The van der Waals surface area contributed by atoms with Crippen LogP contribution in [0.15, 0.2) is 64.7 Å². The summed E-state index contributed by atoms with van der Waals surface area (Å²) in [5, 5.41) is 0. The number of benzene rings is 1. The van der Waals surface area contributed by atoms with E-state index in [0.717, 1.165) is 77.3 Å². The van der Waals surface area contributed by atoms with Gasteiger partial charge in [0.05, 0.1) is 17.0 Å².